The second kappa shape index (κ2) is 63.9. The molecule has 28 nitrogen and oxygen atoms in total. The number of nitrogens with two attached hydrogens (primary N) is 1. The van der Waals surface area contributed by atoms with Crippen molar-refractivity contribution in [2.24, 2.45) is 47.3 Å². The summed E-state index contributed by atoms with van der Waals surface area (Å²) in [5.41, 5.74) is 7.21. The number of amides is 5. The number of esters is 4. The molecule has 0 aromatic heterocycles. The molecular weight excluding hydrogens is 1750 g/mol. The summed E-state index contributed by atoms with van der Waals surface area (Å²) < 4.78 is 212. The van der Waals surface area contributed by atoms with Crippen LogP contribution in [0.4, 0.5) is 38.5 Å². The largest absolute Gasteiger partial charge is 0.511 e. The number of ketones is 6. The lowest BCUT2D eigenvalue weighted by molar-refractivity contribution is -0.231. The first-order chi connectivity index (χ1) is 74.1. The molecular formula is C108H131FN6O22. The Labute approximate surface area is 837 Å². The summed E-state index contributed by atoms with van der Waals surface area (Å²) >= 11 is 0. The number of halogens is 1. The number of hydrogen-bond donors (Lipinski definition) is 7. The first-order valence-corrected chi connectivity index (χ1v) is 41.6. The number of aldehydes is 2. The highest BCUT2D eigenvalue weighted by atomic mass is 19.1. The molecule has 0 bridgehead atoms. The molecule has 29 heteroatoms. The predicted octanol–water partition coefficient (Wildman–Crippen LogP) is 20.0. The van der Waals surface area contributed by atoms with Gasteiger partial charge in [-0.25, -0.2) is 14.0 Å². The highest BCUT2D eigenvalue weighted by Gasteiger charge is 2.43. The molecule has 8 N–H and O–H groups in total. The zero-order valence-electron chi connectivity index (χ0n) is 103. The fourth-order valence-corrected chi connectivity index (χ4v) is 9.93. The van der Waals surface area contributed by atoms with Gasteiger partial charge >= 0.3 is 23.9 Å². The minimum absolute atomic E-state index is 0. The molecule has 2 aliphatic heterocycles. The number of aliphatic hydroxyl groups is 1. The quantitative estimate of drug-likeness (QED) is 0.00367. The van der Waals surface area contributed by atoms with E-state index in [-0.39, 0.29) is 145 Å². The van der Waals surface area contributed by atoms with Crippen molar-refractivity contribution in [2.45, 2.75) is 181 Å². The molecule has 137 heavy (non-hydrogen) atoms. The summed E-state index contributed by atoms with van der Waals surface area (Å²) in [5.74, 6) is -19.0. The number of aliphatic hydroxyl groups excluding tert-OH is 1. The Hall–Kier alpha value is -15.2. The van der Waals surface area contributed by atoms with Crippen molar-refractivity contribution < 1.29 is 144 Å². The Balaban J connectivity index is 0.000000916. The van der Waals surface area contributed by atoms with Gasteiger partial charge in [0.2, 0.25) is 29.5 Å². The van der Waals surface area contributed by atoms with Crippen molar-refractivity contribution in [2.75, 3.05) is 32.3 Å². The van der Waals surface area contributed by atoms with E-state index < -0.39 is 204 Å². The van der Waals surface area contributed by atoms with E-state index in [9.17, 15) is 91.0 Å². The highest BCUT2D eigenvalue weighted by Crippen LogP contribution is 2.34. The number of anilines is 6. The molecule has 0 spiro atoms. The summed E-state index contributed by atoms with van der Waals surface area (Å²) in [6, 6.07) is 42.4. The summed E-state index contributed by atoms with van der Waals surface area (Å²) in [5, 5.41) is 22.2. The van der Waals surface area contributed by atoms with Gasteiger partial charge in [-0.1, -0.05) is 274 Å². The average molecular weight is 1910 g/mol. The van der Waals surface area contributed by atoms with Crippen LogP contribution in [-0.4, -0.2) is 117 Å². The van der Waals surface area contributed by atoms with Gasteiger partial charge in [-0.2, -0.15) is 0 Å². The fourth-order valence-electron chi connectivity index (χ4n) is 9.93. The van der Waals surface area contributed by atoms with E-state index in [1.165, 1.54) is 65.8 Å². The van der Waals surface area contributed by atoms with E-state index in [1.54, 1.807) is 178 Å². The van der Waals surface area contributed by atoms with Crippen LogP contribution in [0.15, 0.2) is 278 Å². The van der Waals surface area contributed by atoms with Gasteiger partial charge in [-0.3, -0.25) is 67.1 Å². The Morgan fingerprint density at radius 1 is 0.453 bits per heavy atom. The van der Waals surface area contributed by atoms with E-state index in [0.29, 0.717) is 16.9 Å². The van der Waals surface area contributed by atoms with E-state index in [1.807, 2.05) is 42.5 Å². The van der Waals surface area contributed by atoms with Crippen LogP contribution in [-0.2, 0) is 90.9 Å². The maximum atomic E-state index is 13.5. The number of para-hydroxylation sites is 6. The average Bonchev–Trinajstić information content (AvgIpc) is 0.773. The molecule has 732 valence electrons. The Morgan fingerprint density at radius 2 is 0.796 bits per heavy atom. The number of nitrogens with one attached hydrogen (secondary N) is 5. The molecule has 2 unspecified atom stereocenters. The molecule has 2 saturated heterocycles. The maximum Gasteiger partial charge on any atom is 0.352 e. The van der Waals surface area contributed by atoms with Gasteiger partial charge in [0.25, 0.3) is 11.6 Å². The van der Waals surface area contributed by atoms with E-state index in [4.69, 9.17) is 49.5 Å². The molecule has 11 rings (SSSR count). The fraction of sp³-hybridized carbons (Fsp3) is 0.324. The molecule has 2 fully saturated rings. The molecule has 0 radical (unpaired) electrons. The Kier molecular flexibility index (Phi) is 38.5. The van der Waals surface area contributed by atoms with Crippen molar-refractivity contribution in [3.63, 3.8) is 0 Å². The summed E-state index contributed by atoms with van der Waals surface area (Å²) in [6.07, 6.45) is -3.57. The summed E-state index contributed by atoms with van der Waals surface area (Å²) in [7, 11) is 0. The normalized spacial score (nSPS) is 15.5. The lowest BCUT2D eigenvalue weighted by atomic mass is 9.75. The molecule has 2 heterocycles. The molecule has 9 aromatic carbocycles. The Bertz CT molecular complexity index is 6480. The number of cyclic esters (lactones) is 4. The number of rotatable bonds is 27. The first-order valence-electron chi connectivity index (χ1n) is 54.1. The van der Waals surface area contributed by atoms with Crippen molar-refractivity contribution in [1.29, 1.82) is 0 Å². The Morgan fingerprint density at radius 3 is 1.12 bits per heavy atom. The van der Waals surface area contributed by atoms with Crippen molar-refractivity contribution in [3.05, 3.63) is 300 Å². The van der Waals surface area contributed by atoms with Crippen LogP contribution < -0.4 is 32.3 Å². The van der Waals surface area contributed by atoms with Gasteiger partial charge in [-0.15, -0.1) is 0 Å². The van der Waals surface area contributed by atoms with Crippen molar-refractivity contribution in [3.8, 4) is 0 Å². The standard InChI is InChI=1S/C26H24FNO3.4C12H15NO2.C10H14O5.C7H6O.C6H7N.C6H8O4.C4H8O.CH4/c1-17(2)24(29)23(26(31)28-21-11-7-4-8-12-21)22(18-9-5-3-6-10-18)25(30)19-13-15-20(27)16-14-19;4*1-9(2)11(14)8-12(15)13-10-6-4-3-5-7-10;1-5(2)7(11)6-8(12)14-10(3,4)15-9(6)13;8-6-7-4-2-1-3-5-7;7-6-4-2-1-3-5-6;1-6(2)9-4(7)3-5(8)10-6;1-4(2)3-5;/h3-17,22-23H,1-2H3,(H,28,31);4*3-7,9H,8H2,1-2H3,(H,13,15);5,11H,1-4H3;1-6H;1-5H,7H2;3H2,1-2H3;3-4H,1-2H3;1H4/i;3D,4D,5D,6D,7D;8D2,9D;;;;2*1D,2D,3D,4D,5D;;1D3,2D3,4D;. The van der Waals surface area contributed by atoms with Crippen LogP contribution in [0, 0.1) is 53.1 Å². The van der Waals surface area contributed by atoms with E-state index in [2.05, 4.69) is 36.1 Å². The summed E-state index contributed by atoms with van der Waals surface area (Å²) in [4.78, 5) is 197. The zero-order valence-corrected chi connectivity index (χ0v) is 77.7. The van der Waals surface area contributed by atoms with Gasteiger partial charge in [0.1, 0.15) is 65.4 Å². The maximum absolute atomic E-state index is 13.5. The molecule has 0 saturated carbocycles. The lowest BCUT2D eigenvalue weighted by Gasteiger charge is -2.30. The number of ether oxygens (including phenoxy) is 4. The van der Waals surface area contributed by atoms with Gasteiger partial charge in [0, 0.05) is 128 Å². The minimum Gasteiger partial charge on any atom is -0.511 e. The van der Waals surface area contributed by atoms with E-state index in [0.717, 1.165) is 11.4 Å². The van der Waals surface area contributed by atoms with Gasteiger partial charge in [0.15, 0.2) is 11.4 Å². The third-order valence-electron chi connectivity index (χ3n) is 16.8. The van der Waals surface area contributed by atoms with Gasteiger partial charge in [0.05, 0.1) is 52.1 Å². The second-order valence-corrected chi connectivity index (χ2v) is 31.0. The number of hydrogen-bond acceptors (Lipinski definition) is 23. The molecule has 5 amide bonds. The van der Waals surface area contributed by atoms with Crippen LogP contribution in [0.1, 0.15) is 230 Å². The van der Waals surface area contributed by atoms with Crippen molar-refractivity contribution >= 4 is 135 Å². The first kappa shape index (κ1) is 82.5. The zero-order chi connectivity index (χ0) is 124. The highest BCUT2D eigenvalue weighted by molar-refractivity contribution is 6.16. The number of allylic oxidation sites excluding steroid dienone is 1. The molecule has 2 atom stereocenters. The van der Waals surface area contributed by atoms with Crippen LogP contribution in [0.2, 0.25) is 0 Å². The number of Topliss-reactive ketones (excluding diaryl/α,β-unsaturated/α-hetero) is 6. The van der Waals surface area contributed by atoms with E-state index >= 15 is 0 Å². The third-order valence-corrected chi connectivity index (χ3v) is 16.8. The van der Waals surface area contributed by atoms with Gasteiger partial charge < -0.3 is 61.2 Å². The monoisotopic (exact) mass is 1910 g/mol. The molecule has 9 aromatic rings. The number of carbonyl (C=O) groups is 17. The SMILES string of the molecule is C.CC(C)C(=O)C(C(=O)Nc1ccccc1)C(C(=O)c1ccc(F)cc1)c1ccccc1.CC(C)C(=O)CC(=O)Nc1ccccc1.CC(C)C(=O)CC(=O)Nc1ccccc1.CC(C)C(O)=C1C(=O)OC(C)(C)OC1=O.CC1(C)OC(=O)CC(=O)O1.[2H]C(C)(C)C(=O)C([2H])([2H])C(=O)Nc1ccccc1.[2H]C([2H])([2H])C([2H])(C=O)C([2H])([2H])[2H].[2H]c1c([2H])c([2H])c(C=O)c([2H])c1[2H].[2H]c1c([2H])c([2H])c(N)c([2H])c1[2H].[2H]c1c([2H])c([2H])c(NC(=O)CC(=O)C(C)C)c([2H])c1[2H]. The van der Waals surface area contributed by atoms with Crippen LogP contribution in [0.5, 0.6) is 0 Å². The molecule has 0 aliphatic carbocycles. The smallest absolute Gasteiger partial charge is 0.352 e. The third kappa shape index (κ3) is 51.0. The van der Waals surface area contributed by atoms with Crippen LogP contribution in [0.25, 0.3) is 0 Å². The topological polar surface area (TPSA) is 434 Å². The minimum atomic E-state index is -3.12. The van der Waals surface area contributed by atoms with Gasteiger partial charge in [-0.05, 0) is 103 Å². The summed E-state index contributed by atoms with van der Waals surface area (Å²) in [6.45, 7) is 19.4. The van der Waals surface area contributed by atoms with Crippen LogP contribution in [0.3, 0.4) is 0 Å². The second-order valence-electron chi connectivity index (χ2n) is 31.0. The lowest BCUT2D eigenvalue weighted by Crippen LogP contribution is -2.42. The molecule has 2 aliphatic rings. The number of nitrogen functional groups attached to an aromatic ring is 1. The van der Waals surface area contributed by atoms with Crippen LogP contribution >= 0.6 is 0 Å². The number of carbonyl (C=O) groups excluding carboxylic acids is 17. The van der Waals surface area contributed by atoms with Crippen molar-refractivity contribution in [1.82, 2.24) is 0 Å². The predicted molar refractivity (Wildman–Crippen MR) is 528 cm³/mol. The number of benzene rings is 9.